The van der Waals surface area contributed by atoms with Crippen molar-refractivity contribution in [3.8, 4) is 0 Å². The Labute approximate surface area is 201 Å². The Morgan fingerprint density at radius 3 is 2.44 bits per heavy atom. The summed E-state index contributed by atoms with van der Waals surface area (Å²) in [6.07, 6.45) is 2.65. The van der Waals surface area contributed by atoms with Crippen molar-refractivity contribution in [1.82, 2.24) is 19.6 Å². The van der Waals surface area contributed by atoms with E-state index >= 15 is 0 Å². The molecule has 1 aromatic heterocycles. The van der Waals surface area contributed by atoms with E-state index in [1.165, 1.54) is 0 Å². The van der Waals surface area contributed by atoms with Crippen LogP contribution < -0.4 is 9.62 Å². The third-order valence-electron chi connectivity index (χ3n) is 6.78. The molecule has 1 N–H and O–H groups in total. The van der Waals surface area contributed by atoms with Crippen molar-refractivity contribution in [3.63, 3.8) is 0 Å². The maximum Gasteiger partial charge on any atom is 0.241 e. The third-order valence-corrected chi connectivity index (χ3v) is 8.51. The molecule has 0 bridgehead atoms. The number of morpholine rings is 1. The number of aryl methyl sites for hydroxylation is 2. The zero-order chi connectivity index (χ0) is 24.5. The highest BCUT2D eigenvalue weighted by Crippen LogP contribution is 2.26. The second-order valence-corrected chi connectivity index (χ2v) is 10.7. The molecule has 1 amide bonds. The van der Waals surface area contributed by atoms with Crippen molar-refractivity contribution in [3.05, 3.63) is 45.8 Å². The molecule has 2 aromatic rings. The fraction of sp³-hybridized carbons (Fsp3) is 0.542. The molecule has 0 spiro atoms. The molecule has 2 aliphatic heterocycles. The summed E-state index contributed by atoms with van der Waals surface area (Å²) in [4.78, 5) is 26.3. The number of ether oxygens (including phenoxy) is 1. The molecule has 34 heavy (non-hydrogen) atoms. The molecule has 1 aromatic carbocycles. The van der Waals surface area contributed by atoms with Crippen LogP contribution in [-0.2, 0) is 32.5 Å². The number of aromatic nitrogens is 2. The van der Waals surface area contributed by atoms with Gasteiger partial charge < -0.3 is 14.5 Å². The van der Waals surface area contributed by atoms with Crippen molar-refractivity contribution in [2.45, 2.75) is 52.0 Å². The molecule has 1 saturated heterocycles. The number of carbonyl (C=O) groups is 1. The first-order valence-electron chi connectivity index (χ1n) is 11.7. The predicted octanol–water partition coefficient (Wildman–Crippen LogP) is 1.80. The number of hydrogen-bond acceptors (Lipinski definition) is 7. The zero-order valence-electron chi connectivity index (χ0n) is 20.3. The quantitative estimate of drug-likeness (QED) is 0.662. The van der Waals surface area contributed by atoms with Gasteiger partial charge in [-0.25, -0.2) is 23.1 Å². The van der Waals surface area contributed by atoms with E-state index in [4.69, 9.17) is 9.72 Å². The van der Waals surface area contributed by atoms with Gasteiger partial charge in [-0.2, -0.15) is 0 Å². The van der Waals surface area contributed by atoms with Crippen molar-refractivity contribution in [2.24, 2.45) is 0 Å². The lowest BCUT2D eigenvalue weighted by Gasteiger charge is -2.30. The van der Waals surface area contributed by atoms with Gasteiger partial charge in [0.2, 0.25) is 21.9 Å². The fourth-order valence-electron chi connectivity index (χ4n) is 4.53. The van der Waals surface area contributed by atoms with Gasteiger partial charge in [-0.15, -0.1) is 0 Å². The maximum atomic E-state index is 13.0. The average Bonchev–Trinajstić information content (AvgIpc) is 2.82. The van der Waals surface area contributed by atoms with Crippen molar-refractivity contribution < 1.29 is 17.9 Å². The summed E-state index contributed by atoms with van der Waals surface area (Å²) in [6, 6.07) is 2.00. The van der Waals surface area contributed by atoms with Crippen LogP contribution in [0.3, 0.4) is 0 Å². The molecule has 1 fully saturated rings. The van der Waals surface area contributed by atoms with Crippen molar-refractivity contribution >= 4 is 21.9 Å². The zero-order valence-corrected chi connectivity index (χ0v) is 21.2. The normalized spacial score (nSPS) is 16.5. The summed E-state index contributed by atoms with van der Waals surface area (Å²) in [7, 11) is -3.72. The first-order chi connectivity index (χ1) is 16.2. The molecule has 0 saturated carbocycles. The van der Waals surface area contributed by atoms with Gasteiger partial charge in [0.1, 0.15) is 0 Å². The molecule has 0 aliphatic carbocycles. The van der Waals surface area contributed by atoms with Crippen LogP contribution in [0.5, 0.6) is 0 Å². The lowest BCUT2D eigenvalue weighted by Crippen LogP contribution is -2.40. The van der Waals surface area contributed by atoms with Crippen LogP contribution in [0.2, 0.25) is 0 Å². The summed E-state index contributed by atoms with van der Waals surface area (Å²) in [6.45, 7) is 11.3. The summed E-state index contributed by atoms with van der Waals surface area (Å²) in [5.41, 5.74) is 5.27. The van der Waals surface area contributed by atoms with Gasteiger partial charge in [0.25, 0.3) is 0 Å². The van der Waals surface area contributed by atoms with E-state index in [1.54, 1.807) is 4.90 Å². The number of fused-ring (bicyclic) bond motifs is 1. The maximum absolute atomic E-state index is 13.0. The summed E-state index contributed by atoms with van der Waals surface area (Å²) < 4.78 is 34.1. The Kier molecular flexibility index (Phi) is 7.20. The third kappa shape index (κ3) is 5.08. The molecule has 4 rings (SSSR count). The summed E-state index contributed by atoms with van der Waals surface area (Å²) in [5.74, 6) is 0.581. The first kappa shape index (κ1) is 24.6. The smallest absolute Gasteiger partial charge is 0.241 e. The Morgan fingerprint density at radius 1 is 1.09 bits per heavy atom. The largest absolute Gasteiger partial charge is 0.378 e. The van der Waals surface area contributed by atoms with Gasteiger partial charge in [0.05, 0.1) is 30.3 Å². The molecule has 184 valence electrons. The van der Waals surface area contributed by atoms with Gasteiger partial charge in [-0.05, 0) is 61.9 Å². The molecular weight excluding hydrogens is 454 g/mol. The predicted molar refractivity (Wildman–Crippen MR) is 129 cm³/mol. The summed E-state index contributed by atoms with van der Waals surface area (Å²) in [5, 5.41) is 0. The minimum absolute atomic E-state index is 0.0548. The number of nitrogens with one attached hydrogen (secondary N) is 1. The fourth-order valence-corrected chi connectivity index (χ4v) is 6.17. The van der Waals surface area contributed by atoms with E-state index in [2.05, 4.69) is 14.6 Å². The molecule has 0 unspecified atom stereocenters. The molecule has 0 radical (unpaired) electrons. The Hall–Kier alpha value is -2.56. The van der Waals surface area contributed by atoms with Gasteiger partial charge in [-0.1, -0.05) is 6.07 Å². The molecule has 0 atom stereocenters. The molecule has 3 heterocycles. The van der Waals surface area contributed by atoms with E-state index in [-0.39, 0.29) is 18.9 Å². The van der Waals surface area contributed by atoms with E-state index in [0.717, 1.165) is 46.6 Å². The van der Waals surface area contributed by atoms with Crippen molar-refractivity contribution in [2.75, 3.05) is 44.3 Å². The topological polar surface area (TPSA) is 105 Å². The molecule has 9 nitrogen and oxygen atoms in total. The second kappa shape index (κ2) is 9.97. The number of carbonyl (C=O) groups excluding carboxylic acids is 1. The Bertz CT molecular complexity index is 1170. The Morgan fingerprint density at radius 2 is 1.76 bits per heavy atom. The van der Waals surface area contributed by atoms with Gasteiger partial charge in [-0.3, -0.25) is 4.79 Å². The van der Waals surface area contributed by atoms with Crippen LogP contribution in [-0.4, -0.2) is 68.6 Å². The number of rotatable bonds is 6. The lowest BCUT2D eigenvalue weighted by molar-refractivity contribution is -0.132. The molecule has 10 heteroatoms. The SMILES string of the molecule is Cc1cc(C)c(C)c(S(=O)(=O)NCCC(=O)N2CCc3cnc(N4CCOCC4)nc3C2)c1C. The van der Waals surface area contributed by atoms with Crippen LogP contribution in [0.15, 0.2) is 17.2 Å². The number of anilines is 1. The van der Waals surface area contributed by atoms with Crippen LogP contribution in [0, 0.1) is 27.7 Å². The molecule has 2 aliphatic rings. The highest BCUT2D eigenvalue weighted by molar-refractivity contribution is 7.89. The number of benzene rings is 1. The van der Waals surface area contributed by atoms with Gasteiger partial charge in [0, 0.05) is 38.8 Å². The molecular formula is C24H33N5O4S. The number of sulfonamides is 1. The second-order valence-electron chi connectivity index (χ2n) is 9.04. The van der Waals surface area contributed by atoms with Crippen LogP contribution in [0.4, 0.5) is 5.95 Å². The van der Waals surface area contributed by atoms with E-state index < -0.39 is 10.0 Å². The number of amides is 1. The highest BCUT2D eigenvalue weighted by atomic mass is 32.2. The number of hydrogen-bond donors (Lipinski definition) is 1. The number of nitrogens with zero attached hydrogens (tertiary/aromatic N) is 4. The van der Waals surface area contributed by atoms with Crippen LogP contribution in [0.25, 0.3) is 0 Å². The lowest BCUT2D eigenvalue weighted by atomic mass is 10.0. The van der Waals surface area contributed by atoms with E-state index in [0.29, 0.717) is 43.6 Å². The first-order valence-corrected chi connectivity index (χ1v) is 13.2. The van der Waals surface area contributed by atoms with E-state index in [1.807, 2.05) is 40.0 Å². The standard InChI is InChI=1S/C24H33N5O4S/c1-16-13-17(2)19(4)23(18(16)3)34(31,32)26-7-5-22(30)29-8-6-20-14-25-24(27-21(20)15-29)28-9-11-33-12-10-28/h13-14,26H,5-12,15H2,1-4H3. The van der Waals surface area contributed by atoms with Crippen molar-refractivity contribution in [1.29, 1.82) is 0 Å². The minimum atomic E-state index is -3.72. The van der Waals surface area contributed by atoms with E-state index in [9.17, 15) is 13.2 Å². The average molecular weight is 488 g/mol. The minimum Gasteiger partial charge on any atom is -0.378 e. The summed E-state index contributed by atoms with van der Waals surface area (Å²) >= 11 is 0. The van der Waals surface area contributed by atoms with Gasteiger partial charge >= 0.3 is 0 Å². The highest BCUT2D eigenvalue weighted by Gasteiger charge is 2.25. The monoisotopic (exact) mass is 487 g/mol. The van der Waals surface area contributed by atoms with Gasteiger partial charge in [0.15, 0.2) is 0 Å². The van der Waals surface area contributed by atoms with Crippen LogP contribution in [0.1, 0.15) is 39.9 Å². The van der Waals surface area contributed by atoms with Crippen LogP contribution >= 0.6 is 0 Å². The Balaban J connectivity index is 1.38.